The van der Waals surface area contributed by atoms with E-state index in [9.17, 15) is 28.8 Å². The van der Waals surface area contributed by atoms with Crippen LogP contribution in [0.15, 0.2) is 111 Å². The van der Waals surface area contributed by atoms with Crippen molar-refractivity contribution in [3.63, 3.8) is 0 Å². The highest BCUT2D eigenvalue weighted by Crippen LogP contribution is 2.34. The summed E-state index contributed by atoms with van der Waals surface area (Å²) in [6, 6.07) is 20.1. The Morgan fingerprint density at radius 1 is 0.559 bits per heavy atom. The van der Waals surface area contributed by atoms with E-state index in [1.807, 2.05) is 12.1 Å². The number of alkyl halides is 3. The Kier molecular flexibility index (Phi) is 19.4. The van der Waals surface area contributed by atoms with E-state index in [1.165, 1.54) is 68.8 Å². The molecular formula is C47H43Cl5N8O8. The Morgan fingerprint density at radius 3 is 1.43 bits per heavy atom. The molecule has 2 atom stereocenters. The predicted octanol–water partition coefficient (Wildman–Crippen LogP) is 11.2. The first kappa shape index (κ1) is 52.5. The molecule has 5 aromatic carbocycles. The third-order valence-corrected chi connectivity index (χ3v) is 11.2. The maximum absolute atomic E-state index is 13.5. The number of Topliss-reactive ketones (excluding diaryl/α,β-unsaturated/α-hetero) is 2. The van der Waals surface area contributed by atoms with Crippen LogP contribution in [0.2, 0.25) is 10.0 Å². The van der Waals surface area contributed by atoms with Crippen LogP contribution < -0.4 is 30.7 Å². The number of anilines is 4. The number of aryl methyl sites for hydroxylation is 2. The summed E-state index contributed by atoms with van der Waals surface area (Å²) in [6.07, 6.45) is 0.935. The lowest BCUT2D eigenvalue weighted by molar-refractivity contribution is -0.127. The van der Waals surface area contributed by atoms with Crippen LogP contribution in [0.25, 0.3) is 0 Å². The van der Waals surface area contributed by atoms with E-state index in [-0.39, 0.29) is 49.8 Å². The van der Waals surface area contributed by atoms with Crippen molar-refractivity contribution in [1.29, 1.82) is 0 Å². The summed E-state index contributed by atoms with van der Waals surface area (Å²) >= 11 is 30.9. The number of ketones is 2. The third-order valence-electron chi connectivity index (χ3n) is 9.89. The number of hydrogen-bond donors (Lipinski definition) is 4. The molecule has 5 rings (SSSR count). The number of carbonyl (C=O) groups is 6. The minimum absolute atomic E-state index is 0.00529. The number of methoxy groups -OCH3 is 2. The van der Waals surface area contributed by atoms with Gasteiger partial charge < -0.3 is 30.7 Å². The number of nitrogens with one attached hydrogen (secondary N) is 4. The topological polar surface area (TPSA) is 218 Å². The largest absolute Gasteiger partial charge is 0.495 e. The van der Waals surface area contributed by atoms with Gasteiger partial charge in [-0.1, -0.05) is 47.5 Å². The molecule has 0 spiro atoms. The second-order valence-electron chi connectivity index (χ2n) is 14.5. The van der Waals surface area contributed by atoms with E-state index >= 15 is 0 Å². The zero-order chi connectivity index (χ0) is 49.5. The Morgan fingerprint density at radius 2 is 1.01 bits per heavy atom. The average molecular weight is 1030 g/mol. The lowest BCUT2D eigenvalue weighted by Crippen LogP contribution is -2.32. The Bertz CT molecular complexity index is 2790. The lowest BCUT2D eigenvalue weighted by Gasteiger charge is -2.15. The summed E-state index contributed by atoms with van der Waals surface area (Å²) in [6.45, 7) is 2.30. The van der Waals surface area contributed by atoms with Gasteiger partial charge in [0, 0.05) is 40.1 Å². The van der Waals surface area contributed by atoms with E-state index < -0.39 is 47.3 Å². The van der Waals surface area contributed by atoms with Crippen LogP contribution in [0.5, 0.6) is 11.5 Å². The summed E-state index contributed by atoms with van der Waals surface area (Å²) in [5.41, 5.74) is 3.37. The molecule has 0 fully saturated rings. The molecule has 21 heteroatoms. The van der Waals surface area contributed by atoms with Gasteiger partial charge in [0.1, 0.15) is 22.9 Å². The molecule has 16 nitrogen and oxygen atoms in total. The molecule has 0 aliphatic rings. The highest BCUT2D eigenvalue weighted by atomic mass is 35.5. The van der Waals surface area contributed by atoms with Crippen LogP contribution >= 0.6 is 58.0 Å². The fraction of sp³-hybridized carbons (Fsp3) is 0.234. The van der Waals surface area contributed by atoms with Gasteiger partial charge in [0.05, 0.1) is 35.6 Å². The highest BCUT2D eigenvalue weighted by molar-refractivity contribution is 6.33. The van der Waals surface area contributed by atoms with Crippen molar-refractivity contribution < 1.29 is 38.2 Å². The summed E-state index contributed by atoms with van der Waals surface area (Å²) in [5.74, 6) is -2.78. The zero-order valence-electron chi connectivity index (χ0n) is 36.8. The molecule has 5 aromatic rings. The molecule has 4 amide bonds. The maximum atomic E-state index is 13.5. The molecule has 68 heavy (non-hydrogen) atoms. The van der Waals surface area contributed by atoms with Crippen LogP contribution in [-0.4, -0.2) is 73.3 Å². The standard InChI is InChI=1S/C47H43Cl5N8O8/c1-25(61)40(59-57-36-22-29(11-14-33(36)51)44(63)55-42-27(17-19-48)7-5-9-38(42)67-3)46(65)53-32-13-16-35(31(21-32)24-50)54-47(66)41(26(2)62)60-58-37-23-30(12-15-34(37)52)45(64)56-43-28(18-20-49)8-6-10-39(43)68-4/h5-16,21-23,40-41H,17-20,24H2,1-4H3,(H,53,65)(H,54,66)(H,55,63)(H,56,64). The van der Waals surface area contributed by atoms with Crippen molar-refractivity contribution in [3.8, 4) is 11.5 Å². The van der Waals surface area contributed by atoms with E-state index in [2.05, 4.69) is 41.7 Å². The quantitative estimate of drug-likeness (QED) is 0.0314. The average Bonchev–Trinajstić information content (AvgIpc) is 3.31. The molecule has 0 aromatic heterocycles. The number of rotatable bonds is 21. The van der Waals surface area contributed by atoms with Gasteiger partial charge in [0.2, 0.25) is 12.1 Å². The lowest BCUT2D eigenvalue weighted by atomic mass is 10.1. The molecular weight excluding hydrogens is 982 g/mol. The minimum atomic E-state index is -1.65. The number of para-hydroxylation sites is 2. The van der Waals surface area contributed by atoms with Crippen LogP contribution in [0, 0.1) is 0 Å². The SMILES string of the molecule is COc1cccc(CCCl)c1NC(=O)c1ccc(Cl)c(N=NC(C(C)=O)C(=O)Nc2ccc(NC(=O)C(N=Nc3cc(C(=O)Nc4c(CCCl)cccc4OC)ccc3Cl)C(C)=O)c(CCl)c2)c1. The molecule has 0 saturated heterocycles. The van der Waals surface area contributed by atoms with E-state index in [0.717, 1.165) is 25.0 Å². The summed E-state index contributed by atoms with van der Waals surface area (Å²) in [4.78, 5) is 79.0. The molecule has 0 bridgehead atoms. The van der Waals surface area contributed by atoms with Gasteiger partial charge in [0.25, 0.3) is 23.6 Å². The molecule has 0 aliphatic carbocycles. The summed E-state index contributed by atoms with van der Waals surface area (Å²) in [7, 11) is 2.95. The van der Waals surface area contributed by atoms with Crippen molar-refractivity contribution in [2.45, 2.75) is 44.7 Å². The molecule has 0 radical (unpaired) electrons. The number of ether oxygens (including phenoxy) is 2. The van der Waals surface area contributed by atoms with Crippen molar-refractivity contribution in [1.82, 2.24) is 0 Å². The second kappa shape index (κ2) is 25.1. The number of nitrogens with zero attached hydrogens (tertiary/aromatic N) is 4. The van der Waals surface area contributed by atoms with Gasteiger partial charge in [-0.25, -0.2) is 0 Å². The van der Waals surface area contributed by atoms with E-state index in [0.29, 0.717) is 53.0 Å². The number of amides is 4. The molecule has 0 aliphatic heterocycles. The Balaban J connectivity index is 1.28. The Hall–Kier alpha value is -6.43. The minimum Gasteiger partial charge on any atom is -0.495 e. The predicted molar refractivity (Wildman–Crippen MR) is 265 cm³/mol. The number of benzene rings is 5. The van der Waals surface area contributed by atoms with Crippen LogP contribution in [-0.2, 0) is 37.9 Å². The van der Waals surface area contributed by atoms with Gasteiger partial charge in [-0.3, -0.25) is 28.8 Å². The van der Waals surface area contributed by atoms with E-state index in [4.69, 9.17) is 67.5 Å². The smallest absolute Gasteiger partial charge is 0.258 e. The second-order valence-corrected chi connectivity index (χ2v) is 16.4. The molecule has 354 valence electrons. The zero-order valence-corrected chi connectivity index (χ0v) is 40.6. The fourth-order valence-electron chi connectivity index (χ4n) is 6.42. The number of hydrogen-bond acceptors (Lipinski definition) is 12. The van der Waals surface area contributed by atoms with Gasteiger partial charge in [-0.05, 0) is 110 Å². The molecule has 2 unspecified atom stereocenters. The Labute approximate surface area is 416 Å². The normalized spacial score (nSPS) is 12.0. The van der Waals surface area contributed by atoms with Crippen LogP contribution in [0.3, 0.4) is 0 Å². The number of azo groups is 2. The maximum Gasteiger partial charge on any atom is 0.258 e. The summed E-state index contributed by atoms with van der Waals surface area (Å²) in [5, 5.41) is 27.1. The first-order valence-electron chi connectivity index (χ1n) is 20.4. The monoisotopic (exact) mass is 1020 g/mol. The third kappa shape index (κ3) is 13.6. The highest BCUT2D eigenvalue weighted by Gasteiger charge is 2.27. The van der Waals surface area contributed by atoms with E-state index in [1.54, 1.807) is 24.3 Å². The van der Waals surface area contributed by atoms with Gasteiger partial charge >= 0.3 is 0 Å². The van der Waals surface area contributed by atoms with Crippen molar-refractivity contribution in [2.24, 2.45) is 20.5 Å². The first-order chi connectivity index (χ1) is 32.6. The van der Waals surface area contributed by atoms with Gasteiger partial charge in [-0.15, -0.1) is 34.8 Å². The van der Waals surface area contributed by atoms with Crippen molar-refractivity contribution in [3.05, 3.63) is 129 Å². The van der Waals surface area contributed by atoms with Crippen molar-refractivity contribution in [2.75, 3.05) is 47.2 Å². The molecule has 0 heterocycles. The first-order valence-corrected chi connectivity index (χ1v) is 22.8. The van der Waals surface area contributed by atoms with Crippen LogP contribution in [0.1, 0.15) is 51.3 Å². The van der Waals surface area contributed by atoms with Crippen molar-refractivity contribution >= 4 is 127 Å². The van der Waals surface area contributed by atoms with Gasteiger partial charge in [0.15, 0.2) is 11.6 Å². The van der Waals surface area contributed by atoms with Gasteiger partial charge in [-0.2, -0.15) is 20.5 Å². The molecule has 0 saturated carbocycles. The van der Waals surface area contributed by atoms with Crippen LogP contribution in [0.4, 0.5) is 34.1 Å². The number of halogens is 5. The fourth-order valence-corrected chi connectivity index (χ4v) is 7.36. The summed E-state index contributed by atoms with van der Waals surface area (Å²) < 4.78 is 10.9. The molecule has 4 N–H and O–H groups in total. The number of carbonyl (C=O) groups excluding carboxylic acids is 6.